The summed E-state index contributed by atoms with van der Waals surface area (Å²) in [6.45, 7) is 2.31. The molecule has 34 heavy (non-hydrogen) atoms. The van der Waals surface area contributed by atoms with Crippen LogP contribution in [0.1, 0.15) is 23.7 Å². The van der Waals surface area contributed by atoms with Crippen LogP contribution in [0.15, 0.2) is 66.7 Å². The van der Waals surface area contributed by atoms with E-state index in [-0.39, 0.29) is 11.8 Å². The number of benzene rings is 3. The number of rotatable bonds is 5. The maximum absolute atomic E-state index is 13.1. The van der Waals surface area contributed by atoms with E-state index in [1.807, 2.05) is 53.4 Å². The van der Waals surface area contributed by atoms with E-state index in [4.69, 9.17) is 19.2 Å². The predicted octanol–water partition coefficient (Wildman–Crippen LogP) is 4.38. The monoisotopic (exact) mass is 455 g/mol. The van der Waals surface area contributed by atoms with Crippen molar-refractivity contribution in [2.45, 2.75) is 18.9 Å². The minimum absolute atomic E-state index is 0.00801. The summed E-state index contributed by atoms with van der Waals surface area (Å²) in [6.07, 6.45) is 0.417. The zero-order chi connectivity index (χ0) is 23.1. The number of amides is 1. The van der Waals surface area contributed by atoms with Gasteiger partial charge in [-0.2, -0.15) is 0 Å². The minimum Gasteiger partial charge on any atom is -0.497 e. The lowest BCUT2D eigenvalue weighted by atomic mass is 10.1. The summed E-state index contributed by atoms with van der Waals surface area (Å²) in [5.41, 5.74) is 3.99. The topological polar surface area (TPSA) is 65.8 Å². The second-order valence-corrected chi connectivity index (χ2v) is 8.63. The number of carbonyl (C=O) groups is 1. The van der Waals surface area contributed by atoms with Crippen LogP contribution in [0.2, 0.25) is 0 Å². The van der Waals surface area contributed by atoms with Crippen molar-refractivity contribution in [1.29, 1.82) is 0 Å². The molecule has 0 spiro atoms. The lowest BCUT2D eigenvalue weighted by molar-refractivity contribution is -0.117. The van der Waals surface area contributed by atoms with E-state index >= 15 is 0 Å². The fraction of sp³-hybridized carbons (Fsp3) is 0.259. The lowest BCUT2D eigenvalue weighted by Crippen LogP contribution is -2.25. The molecule has 0 N–H and O–H groups in total. The summed E-state index contributed by atoms with van der Waals surface area (Å²) in [5, 5.41) is 0. The second-order valence-electron chi connectivity index (χ2n) is 8.63. The molecule has 2 aliphatic rings. The molecule has 7 heteroatoms. The van der Waals surface area contributed by atoms with Gasteiger partial charge in [0.15, 0.2) is 11.5 Å². The Hall–Kier alpha value is -4.00. The zero-order valence-corrected chi connectivity index (χ0v) is 18.9. The summed E-state index contributed by atoms with van der Waals surface area (Å²) >= 11 is 0. The van der Waals surface area contributed by atoms with E-state index in [1.54, 1.807) is 7.11 Å². The molecule has 1 amide bonds. The van der Waals surface area contributed by atoms with Crippen molar-refractivity contribution < 1.29 is 19.0 Å². The molecule has 0 aliphatic carbocycles. The molecule has 2 aliphatic heterocycles. The Balaban J connectivity index is 1.33. The first-order chi connectivity index (χ1) is 16.7. The summed E-state index contributed by atoms with van der Waals surface area (Å²) in [7, 11) is 1.67. The van der Waals surface area contributed by atoms with Gasteiger partial charge in [-0.15, -0.1) is 0 Å². The van der Waals surface area contributed by atoms with Gasteiger partial charge in [-0.25, -0.2) is 4.98 Å². The van der Waals surface area contributed by atoms with E-state index in [0.717, 1.165) is 39.6 Å². The first-order valence-electron chi connectivity index (χ1n) is 11.5. The standard InChI is InChI=1S/C27H25N3O4/c1-32-21-9-6-18(7-10-21)16-30-23-5-3-2-4-22(23)28-27(30)19-14-26(31)29(17-19)20-8-11-24-25(15-20)34-13-12-33-24/h2-11,15,19H,12-14,16-17H2,1H3. The van der Waals surface area contributed by atoms with E-state index in [2.05, 4.69) is 22.8 Å². The van der Waals surface area contributed by atoms with Gasteiger partial charge in [-0.05, 0) is 42.0 Å². The molecule has 1 aromatic heterocycles. The van der Waals surface area contributed by atoms with E-state index in [1.165, 1.54) is 0 Å². The van der Waals surface area contributed by atoms with Crippen LogP contribution in [0.3, 0.4) is 0 Å². The Morgan fingerprint density at radius 2 is 1.79 bits per heavy atom. The highest BCUT2D eigenvalue weighted by Gasteiger charge is 2.35. The number of nitrogens with zero attached hydrogens (tertiary/aromatic N) is 3. The van der Waals surface area contributed by atoms with Crippen molar-refractivity contribution in [3.8, 4) is 17.2 Å². The molecule has 1 atom stereocenters. The molecular weight excluding hydrogens is 430 g/mol. The second kappa shape index (κ2) is 8.41. The number of hydrogen-bond acceptors (Lipinski definition) is 5. The molecule has 0 saturated carbocycles. The number of ether oxygens (including phenoxy) is 3. The predicted molar refractivity (Wildman–Crippen MR) is 129 cm³/mol. The van der Waals surface area contributed by atoms with Crippen molar-refractivity contribution in [3.63, 3.8) is 0 Å². The van der Waals surface area contributed by atoms with Gasteiger partial charge < -0.3 is 23.7 Å². The highest BCUT2D eigenvalue weighted by molar-refractivity contribution is 5.97. The van der Waals surface area contributed by atoms with Gasteiger partial charge in [0.05, 0.1) is 18.1 Å². The highest BCUT2D eigenvalue weighted by atomic mass is 16.6. The van der Waals surface area contributed by atoms with Crippen molar-refractivity contribution in [2.24, 2.45) is 0 Å². The summed E-state index contributed by atoms with van der Waals surface area (Å²) in [6, 6.07) is 21.9. The van der Waals surface area contributed by atoms with Crippen LogP contribution in [0.25, 0.3) is 11.0 Å². The normalized spacial score (nSPS) is 17.4. The number of aromatic nitrogens is 2. The molecule has 1 fully saturated rings. The summed E-state index contributed by atoms with van der Waals surface area (Å²) in [4.78, 5) is 19.9. The van der Waals surface area contributed by atoms with E-state index in [9.17, 15) is 4.79 Å². The van der Waals surface area contributed by atoms with Crippen LogP contribution in [-0.4, -0.2) is 42.3 Å². The smallest absolute Gasteiger partial charge is 0.227 e. The molecule has 0 bridgehead atoms. The Morgan fingerprint density at radius 1 is 1.00 bits per heavy atom. The van der Waals surface area contributed by atoms with Crippen LogP contribution in [0.5, 0.6) is 17.2 Å². The number of carbonyl (C=O) groups excluding carboxylic acids is 1. The van der Waals surface area contributed by atoms with Gasteiger partial charge in [0.25, 0.3) is 0 Å². The summed E-state index contributed by atoms with van der Waals surface area (Å²) < 4.78 is 18.9. The van der Waals surface area contributed by atoms with E-state index < -0.39 is 0 Å². The van der Waals surface area contributed by atoms with Crippen molar-refractivity contribution >= 4 is 22.6 Å². The third-order valence-electron chi connectivity index (χ3n) is 6.51. The molecule has 3 aromatic carbocycles. The fourth-order valence-electron chi connectivity index (χ4n) is 4.82. The minimum atomic E-state index is -0.00801. The Morgan fingerprint density at radius 3 is 2.62 bits per heavy atom. The van der Waals surface area contributed by atoms with Crippen molar-refractivity contribution in [3.05, 3.63) is 78.1 Å². The number of methoxy groups -OCH3 is 1. The van der Waals surface area contributed by atoms with Crippen LogP contribution in [0.4, 0.5) is 5.69 Å². The fourth-order valence-corrected chi connectivity index (χ4v) is 4.82. The summed E-state index contributed by atoms with van der Waals surface area (Å²) in [5.74, 6) is 3.25. The maximum atomic E-state index is 13.1. The van der Waals surface area contributed by atoms with Gasteiger partial charge >= 0.3 is 0 Å². The Bertz CT molecular complexity index is 1360. The number of anilines is 1. The number of fused-ring (bicyclic) bond motifs is 2. The van der Waals surface area contributed by atoms with Gasteiger partial charge in [0.2, 0.25) is 5.91 Å². The zero-order valence-electron chi connectivity index (χ0n) is 18.9. The van der Waals surface area contributed by atoms with Crippen LogP contribution in [0, 0.1) is 0 Å². The van der Waals surface area contributed by atoms with E-state index in [0.29, 0.717) is 38.5 Å². The molecule has 1 saturated heterocycles. The SMILES string of the molecule is COc1ccc(Cn2c(C3CC(=O)N(c4ccc5c(c4)OCCO5)C3)nc3ccccc32)cc1. The first-order valence-corrected chi connectivity index (χ1v) is 11.5. The van der Waals surface area contributed by atoms with Crippen molar-refractivity contribution in [2.75, 3.05) is 31.8 Å². The van der Waals surface area contributed by atoms with Crippen molar-refractivity contribution in [1.82, 2.24) is 9.55 Å². The van der Waals surface area contributed by atoms with Gasteiger partial charge in [-0.3, -0.25) is 4.79 Å². The maximum Gasteiger partial charge on any atom is 0.227 e. The highest BCUT2D eigenvalue weighted by Crippen LogP contribution is 2.38. The molecule has 4 aromatic rings. The molecule has 3 heterocycles. The van der Waals surface area contributed by atoms with Crippen LogP contribution >= 0.6 is 0 Å². The van der Waals surface area contributed by atoms with Gasteiger partial charge in [-0.1, -0.05) is 24.3 Å². The molecule has 1 unspecified atom stereocenters. The molecule has 7 nitrogen and oxygen atoms in total. The Kier molecular flexibility index (Phi) is 5.09. The first kappa shape index (κ1) is 20.6. The quantitative estimate of drug-likeness (QED) is 0.447. The molecular formula is C27H25N3O4. The average molecular weight is 456 g/mol. The largest absolute Gasteiger partial charge is 0.497 e. The average Bonchev–Trinajstić information content (AvgIpc) is 3.44. The number of imidazole rings is 1. The van der Waals surface area contributed by atoms with Gasteiger partial charge in [0, 0.05) is 37.2 Å². The Labute approximate surface area is 197 Å². The van der Waals surface area contributed by atoms with Crippen LogP contribution in [-0.2, 0) is 11.3 Å². The number of para-hydroxylation sites is 2. The molecule has 172 valence electrons. The molecule has 0 radical (unpaired) electrons. The van der Waals surface area contributed by atoms with Gasteiger partial charge in [0.1, 0.15) is 24.8 Å². The third kappa shape index (κ3) is 3.63. The lowest BCUT2D eigenvalue weighted by Gasteiger charge is -2.22. The molecule has 6 rings (SSSR count). The number of hydrogen-bond donors (Lipinski definition) is 0. The third-order valence-corrected chi connectivity index (χ3v) is 6.51. The van der Waals surface area contributed by atoms with Crippen LogP contribution < -0.4 is 19.1 Å².